The Morgan fingerprint density at radius 3 is 2.17 bits per heavy atom. The van der Waals surface area contributed by atoms with E-state index in [1.54, 1.807) is 0 Å². The van der Waals surface area contributed by atoms with Crippen molar-refractivity contribution < 1.29 is 5.21 Å². The van der Waals surface area contributed by atoms with E-state index in [0.717, 1.165) is 6.21 Å². The molecule has 0 unspecified atom stereocenters. The first-order valence-electron chi connectivity index (χ1n) is 1.23. The second kappa shape index (κ2) is 3.25. The number of nitrogens with zero attached hydrogens (tertiary/aromatic N) is 1. The van der Waals surface area contributed by atoms with E-state index < -0.39 is 4.84 Å². The molecule has 0 aliphatic heterocycles. The van der Waals surface area contributed by atoms with E-state index in [2.05, 4.69) is 5.16 Å². The van der Waals surface area contributed by atoms with Gasteiger partial charge in [-0.1, -0.05) is 28.4 Å². The minimum Gasteiger partial charge on any atom is -0.411 e. The van der Waals surface area contributed by atoms with Gasteiger partial charge in [-0.2, -0.15) is 0 Å². The zero-order chi connectivity index (χ0) is 4.99. The van der Waals surface area contributed by atoms with Crippen LogP contribution in [0.4, 0.5) is 0 Å². The molecule has 2 nitrogen and oxygen atoms in total. The molecule has 0 aromatic heterocycles. The highest BCUT2D eigenvalue weighted by Crippen LogP contribution is 1.94. The maximum atomic E-state index is 7.64. The van der Waals surface area contributed by atoms with E-state index in [1.165, 1.54) is 0 Å². The fourth-order valence-corrected chi connectivity index (χ4v) is 0.151. The van der Waals surface area contributed by atoms with Gasteiger partial charge in [0.2, 0.25) is 0 Å². The molecule has 36 valence electrons. The molecule has 0 rings (SSSR count). The molecule has 0 bridgehead atoms. The molecular weight excluding hydrogens is 125 g/mol. The molecule has 0 saturated heterocycles. The number of hydrogen-bond acceptors (Lipinski definition) is 2. The summed E-state index contributed by atoms with van der Waals surface area (Å²) >= 11 is 10.1. The fraction of sp³-hybridized carbons (Fsp3) is 0.500. The maximum absolute atomic E-state index is 7.64. The van der Waals surface area contributed by atoms with Crippen LogP contribution in [0, 0.1) is 0 Å². The number of hydrogen-bond donors (Lipinski definition) is 1. The Labute approximate surface area is 45.4 Å². The van der Waals surface area contributed by atoms with Crippen LogP contribution in [-0.4, -0.2) is 16.3 Å². The van der Waals surface area contributed by atoms with Crippen molar-refractivity contribution in [1.29, 1.82) is 0 Å². The highest BCUT2D eigenvalue weighted by atomic mass is 35.5. The Bertz CT molecular complexity index is 53.5. The number of halogens is 2. The van der Waals surface area contributed by atoms with Gasteiger partial charge in [0.15, 0.2) is 0 Å². The average Bonchev–Trinajstić information content (AvgIpc) is 1.35. The number of oxime groups is 1. The Balaban J connectivity index is 3.03. The Morgan fingerprint density at radius 2 is 2.17 bits per heavy atom. The van der Waals surface area contributed by atoms with Crippen LogP contribution in [0.2, 0.25) is 0 Å². The lowest BCUT2D eigenvalue weighted by atomic mass is 10.9. The van der Waals surface area contributed by atoms with Gasteiger partial charge in [0.05, 0.1) is 6.21 Å². The summed E-state index contributed by atoms with van der Waals surface area (Å²) in [7, 11) is 0. The van der Waals surface area contributed by atoms with Crippen molar-refractivity contribution in [3.8, 4) is 0 Å². The Kier molecular flexibility index (Phi) is 3.28. The van der Waals surface area contributed by atoms with Crippen molar-refractivity contribution in [1.82, 2.24) is 0 Å². The van der Waals surface area contributed by atoms with Crippen LogP contribution in [0.25, 0.3) is 0 Å². The summed E-state index contributed by atoms with van der Waals surface area (Å²) in [5, 5.41) is 10.2. The van der Waals surface area contributed by atoms with E-state index in [-0.39, 0.29) is 0 Å². The molecule has 0 aliphatic rings. The first-order chi connectivity index (χ1) is 2.77. The Morgan fingerprint density at radius 1 is 1.67 bits per heavy atom. The summed E-state index contributed by atoms with van der Waals surface area (Å²) in [4.78, 5) is -0.699. The van der Waals surface area contributed by atoms with Crippen molar-refractivity contribution in [3.63, 3.8) is 0 Å². The first kappa shape index (κ1) is 6.05. The second-order valence-corrected chi connectivity index (χ2v) is 1.76. The van der Waals surface area contributed by atoms with Gasteiger partial charge < -0.3 is 5.21 Å². The van der Waals surface area contributed by atoms with Crippen molar-refractivity contribution in [2.45, 2.75) is 4.84 Å². The molecule has 0 aromatic carbocycles. The van der Waals surface area contributed by atoms with Gasteiger partial charge in [0.25, 0.3) is 0 Å². The van der Waals surface area contributed by atoms with Gasteiger partial charge >= 0.3 is 0 Å². The third-order valence-corrected chi connectivity index (χ3v) is 0.405. The molecule has 4 heteroatoms. The largest absolute Gasteiger partial charge is 0.411 e. The van der Waals surface area contributed by atoms with Crippen LogP contribution in [0.1, 0.15) is 0 Å². The summed E-state index contributed by atoms with van der Waals surface area (Å²) < 4.78 is 0. The number of rotatable bonds is 1. The van der Waals surface area contributed by atoms with Crippen molar-refractivity contribution >= 4 is 29.4 Å². The van der Waals surface area contributed by atoms with Gasteiger partial charge in [0, 0.05) is 0 Å². The highest BCUT2D eigenvalue weighted by Gasteiger charge is 1.86. The van der Waals surface area contributed by atoms with Crippen LogP contribution in [-0.2, 0) is 0 Å². The third-order valence-electron chi connectivity index (χ3n) is 0.179. The zero-order valence-corrected chi connectivity index (χ0v) is 4.32. The summed E-state index contributed by atoms with van der Waals surface area (Å²) in [5.41, 5.74) is 0. The molecule has 0 radical (unpaired) electrons. The lowest BCUT2D eigenvalue weighted by Gasteiger charge is -1.78. The van der Waals surface area contributed by atoms with Crippen LogP contribution in [0.5, 0.6) is 0 Å². The van der Waals surface area contributed by atoms with Crippen molar-refractivity contribution in [3.05, 3.63) is 0 Å². The topological polar surface area (TPSA) is 32.6 Å². The fourth-order valence-electron chi connectivity index (χ4n) is 0.0504. The van der Waals surface area contributed by atoms with E-state index in [9.17, 15) is 0 Å². The lowest BCUT2D eigenvalue weighted by Crippen LogP contribution is -1.83. The third kappa shape index (κ3) is 4.05. The van der Waals surface area contributed by atoms with Crippen LogP contribution in [0.15, 0.2) is 5.16 Å². The standard InChI is InChI=1S/C2H3Cl2NO/c3-2(4)1-5-6/h1-2,6H/b5-1-. The van der Waals surface area contributed by atoms with Gasteiger partial charge in [-0.25, -0.2) is 0 Å². The monoisotopic (exact) mass is 127 g/mol. The molecule has 6 heavy (non-hydrogen) atoms. The molecule has 0 atom stereocenters. The molecule has 0 saturated carbocycles. The van der Waals surface area contributed by atoms with Crippen LogP contribution >= 0.6 is 23.2 Å². The minimum atomic E-state index is -0.699. The molecule has 0 aromatic rings. The highest BCUT2D eigenvalue weighted by molar-refractivity contribution is 6.51. The van der Waals surface area contributed by atoms with E-state index in [0.29, 0.717) is 0 Å². The van der Waals surface area contributed by atoms with Crippen LogP contribution in [0.3, 0.4) is 0 Å². The van der Waals surface area contributed by atoms with Gasteiger partial charge in [-0.05, 0) is 0 Å². The molecular formula is C2H3Cl2NO. The molecule has 0 aliphatic carbocycles. The first-order valence-corrected chi connectivity index (χ1v) is 2.10. The van der Waals surface area contributed by atoms with E-state index in [4.69, 9.17) is 28.4 Å². The summed E-state index contributed by atoms with van der Waals surface area (Å²) in [5.74, 6) is 0. The summed E-state index contributed by atoms with van der Waals surface area (Å²) in [6.07, 6.45) is 1.00. The van der Waals surface area contributed by atoms with Gasteiger partial charge in [-0.3, -0.25) is 0 Å². The average molecular weight is 128 g/mol. The quantitative estimate of drug-likeness (QED) is 0.245. The molecule has 0 amide bonds. The van der Waals surface area contributed by atoms with Crippen molar-refractivity contribution in [2.75, 3.05) is 0 Å². The van der Waals surface area contributed by atoms with Gasteiger partial charge in [-0.15, -0.1) is 0 Å². The molecule has 0 heterocycles. The van der Waals surface area contributed by atoms with E-state index >= 15 is 0 Å². The van der Waals surface area contributed by atoms with Gasteiger partial charge in [0.1, 0.15) is 4.84 Å². The predicted octanol–water partition coefficient (Wildman–Crippen LogP) is 1.25. The minimum absolute atomic E-state index is 0.699. The normalized spacial score (nSPS) is 11.2. The maximum Gasteiger partial charge on any atom is 0.146 e. The molecule has 0 fully saturated rings. The lowest BCUT2D eigenvalue weighted by molar-refractivity contribution is 0.321. The SMILES string of the molecule is O/N=C\C(Cl)Cl. The van der Waals surface area contributed by atoms with Crippen LogP contribution < -0.4 is 0 Å². The zero-order valence-electron chi connectivity index (χ0n) is 2.81. The smallest absolute Gasteiger partial charge is 0.146 e. The Hall–Kier alpha value is 0.0500. The summed E-state index contributed by atoms with van der Waals surface area (Å²) in [6.45, 7) is 0. The van der Waals surface area contributed by atoms with E-state index in [1.807, 2.05) is 0 Å². The molecule has 0 spiro atoms. The predicted molar refractivity (Wildman–Crippen MR) is 25.8 cm³/mol. The summed E-state index contributed by atoms with van der Waals surface area (Å²) in [6, 6.07) is 0. The van der Waals surface area contributed by atoms with Crippen molar-refractivity contribution in [2.24, 2.45) is 5.16 Å². The second-order valence-electron chi connectivity index (χ2n) is 0.599. The number of alkyl halides is 2. The molecule has 1 N–H and O–H groups in total.